The summed E-state index contributed by atoms with van der Waals surface area (Å²) in [6, 6.07) is 50.1. The van der Waals surface area contributed by atoms with E-state index in [2.05, 4.69) is 108 Å². The Kier molecular flexibility index (Phi) is 8.78. The van der Waals surface area contributed by atoms with E-state index in [0.29, 0.717) is 22.9 Å². The van der Waals surface area contributed by atoms with E-state index < -0.39 is 26.6 Å². The molecule has 10 heteroatoms. The van der Waals surface area contributed by atoms with Crippen LogP contribution in [-0.2, 0) is 21.1 Å². The Morgan fingerprint density at radius 3 is 2.04 bits per heavy atom. The molecule has 2 aliphatic heterocycles. The van der Waals surface area contributed by atoms with Crippen LogP contribution in [0.5, 0.6) is 11.5 Å². The summed E-state index contributed by atoms with van der Waals surface area (Å²) in [6.45, 7) is -0.724. The molecule has 0 unspecified atom stereocenters. The number of aromatic nitrogens is 1. The van der Waals surface area contributed by atoms with Gasteiger partial charge in [-0.25, -0.2) is 0 Å². The van der Waals surface area contributed by atoms with Crippen molar-refractivity contribution in [2.45, 2.75) is 0 Å². The predicted molar refractivity (Wildman–Crippen MR) is 195 cm³/mol. The van der Waals surface area contributed by atoms with Gasteiger partial charge in [0.1, 0.15) is 0 Å². The number of hydrogen-bond donors (Lipinski definition) is 0. The van der Waals surface area contributed by atoms with Gasteiger partial charge in [-0.15, -0.1) is 0 Å². The quantitative estimate of drug-likeness (QED) is 0.194. The molecule has 3 heterocycles. The second kappa shape index (κ2) is 14.1. The Morgan fingerprint density at radius 1 is 0.723 bits per heavy atom. The minimum atomic E-state index is -3.37. The fraction of sp³-hybridized carbons (Fsp3) is 0.0270. The molecular formula is C37H26B4GeN3OPt-3. The molecule has 0 bridgehead atoms. The first-order valence-electron chi connectivity index (χ1n) is 16.3. The van der Waals surface area contributed by atoms with Crippen molar-refractivity contribution in [1.29, 1.82) is 0 Å². The van der Waals surface area contributed by atoms with Crippen LogP contribution in [0.15, 0.2) is 134 Å². The van der Waals surface area contributed by atoms with Crippen LogP contribution < -0.4 is 32.1 Å². The van der Waals surface area contributed by atoms with Crippen LogP contribution in [0, 0.1) is 18.8 Å². The van der Waals surface area contributed by atoms with E-state index in [1.54, 1.807) is 12.7 Å². The van der Waals surface area contributed by atoms with Crippen LogP contribution in [-0.4, -0.2) is 54.8 Å². The van der Waals surface area contributed by atoms with Crippen LogP contribution in [0.4, 0.5) is 17.1 Å². The summed E-state index contributed by atoms with van der Waals surface area (Å²) < 4.78 is 35.7. The largest absolute Gasteiger partial charge is 0 e. The Bertz CT molecular complexity index is 2070. The fourth-order valence-corrected chi connectivity index (χ4v) is 16.9. The van der Waals surface area contributed by atoms with Gasteiger partial charge in [-0.05, 0) is 0 Å². The molecule has 8 rings (SSSR count). The first kappa shape index (κ1) is 29.3. The van der Waals surface area contributed by atoms with E-state index in [9.17, 15) is 0 Å². The second-order valence-corrected chi connectivity index (χ2v) is 18.7. The number of ether oxygens (including phenoxy) is 1. The smallest absolute Gasteiger partial charge is 0 e. The molecule has 0 saturated carbocycles. The summed E-state index contributed by atoms with van der Waals surface area (Å²) in [7, 11) is 14.0. The number of pyridine rings is 1. The summed E-state index contributed by atoms with van der Waals surface area (Å²) >= 11 is -3.37. The summed E-state index contributed by atoms with van der Waals surface area (Å²) in [6.07, 6.45) is 1.18. The summed E-state index contributed by atoms with van der Waals surface area (Å²) in [5, 5.41) is 0. The van der Waals surface area contributed by atoms with Crippen molar-refractivity contribution < 1.29 is 29.9 Å². The maximum absolute atomic E-state index is 8.01. The normalized spacial score (nSPS) is 14.5. The average molecular weight is 843 g/mol. The average Bonchev–Trinajstić information content (AvgIpc) is 3.64. The molecule has 0 amide bonds. The number of rotatable bonds is 5. The summed E-state index contributed by atoms with van der Waals surface area (Å²) in [5.41, 5.74) is 3.97. The molecular weight excluding hydrogens is 813 g/mol. The number of benzene rings is 5. The molecule has 1 aromatic heterocycles. The molecule has 0 atom stereocenters. The van der Waals surface area contributed by atoms with Crippen LogP contribution in [0.1, 0.15) is 4.11 Å². The van der Waals surface area contributed by atoms with Crippen molar-refractivity contribution in [2.75, 3.05) is 16.8 Å². The topological polar surface area (TPSA) is 28.6 Å². The van der Waals surface area contributed by atoms with Gasteiger partial charge in [0, 0.05) is 54.8 Å². The van der Waals surface area contributed by atoms with Crippen molar-refractivity contribution in [1.82, 2.24) is 4.98 Å². The predicted octanol–water partition coefficient (Wildman–Crippen LogP) is 4.01. The Morgan fingerprint density at radius 2 is 1.36 bits per heavy atom. The van der Waals surface area contributed by atoms with Gasteiger partial charge in [0.25, 0.3) is 0 Å². The third kappa shape index (κ3) is 6.14. The van der Waals surface area contributed by atoms with E-state index in [0.717, 1.165) is 16.9 Å². The van der Waals surface area contributed by atoms with Gasteiger partial charge in [0.15, 0.2) is 0 Å². The first-order chi connectivity index (χ1) is 23.7. The third-order valence-corrected chi connectivity index (χ3v) is 18.2. The monoisotopic (exact) mass is 844 g/mol. The van der Waals surface area contributed by atoms with E-state index in [1.807, 2.05) is 59.6 Å². The summed E-state index contributed by atoms with van der Waals surface area (Å²) in [5.74, 6) is 1.06. The molecule has 224 valence electrons. The van der Waals surface area contributed by atoms with Gasteiger partial charge >= 0.3 is 243 Å². The molecule has 0 saturated heterocycles. The molecule has 2 aliphatic rings. The van der Waals surface area contributed by atoms with Crippen LogP contribution in [0.25, 0.3) is 11.3 Å². The zero-order valence-electron chi connectivity index (χ0n) is 28.2. The van der Waals surface area contributed by atoms with Crippen molar-refractivity contribution >= 4 is 77.5 Å². The molecule has 47 heavy (non-hydrogen) atoms. The van der Waals surface area contributed by atoms with E-state index >= 15 is 0 Å². The van der Waals surface area contributed by atoms with Crippen molar-refractivity contribution in [3.8, 4) is 22.8 Å². The Hall–Kier alpha value is -3.86. The minimum absolute atomic E-state index is 0. The van der Waals surface area contributed by atoms with Crippen molar-refractivity contribution in [3.63, 3.8) is 0 Å². The van der Waals surface area contributed by atoms with Crippen LogP contribution >= 0.6 is 0 Å². The second-order valence-electron chi connectivity index (χ2n) is 10.9. The number of para-hydroxylation sites is 2. The zero-order valence-corrected chi connectivity index (χ0v) is 29.5. The number of hydrogen-bond acceptors (Lipinski definition) is 4. The minimum Gasteiger partial charge on any atom is 0 e. The number of fused-ring (bicyclic) bond motifs is 4. The Balaban J connectivity index is 0.000000822. The van der Waals surface area contributed by atoms with Gasteiger partial charge in [-0.2, -0.15) is 0 Å². The molecule has 0 N–H and O–H groups in total. The van der Waals surface area contributed by atoms with Gasteiger partial charge < -0.3 is 0 Å². The molecule has 6 radical (unpaired) electrons. The molecule has 0 aliphatic carbocycles. The molecule has 0 spiro atoms. The van der Waals surface area contributed by atoms with Gasteiger partial charge in [-0.1, -0.05) is 6.07 Å². The fourth-order valence-electron chi connectivity index (χ4n) is 6.31. The maximum Gasteiger partial charge on any atom is 0 e. The molecule has 4 nitrogen and oxygen atoms in total. The summed E-state index contributed by atoms with van der Waals surface area (Å²) in [4.78, 5) is 8.03. The van der Waals surface area contributed by atoms with Gasteiger partial charge in [-0.3, -0.25) is 0 Å². The van der Waals surface area contributed by atoms with Gasteiger partial charge in [0.05, 0.1) is 0 Å². The maximum atomic E-state index is 8.01. The number of nitrogens with zero attached hydrogens (tertiary/aromatic N) is 3. The van der Waals surface area contributed by atoms with Gasteiger partial charge in [0.2, 0.25) is 0 Å². The molecule has 6 aromatic rings. The van der Waals surface area contributed by atoms with Crippen molar-refractivity contribution in [2.24, 2.45) is 0 Å². The van der Waals surface area contributed by atoms with E-state index in [1.165, 1.54) is 22.5 Å². The molecule has 0 fully saturated rings. The SMILES string of the molecule is [2H]C([2H])([2H])N1[CH-]N(c2[c-]c(Oc3[c-]c4[c](cc3)[Ge]([c]3ccccc3)([c]3ccccc3)[c]3cccnc3-4)ccc2)c2ccccc21.[B]B([B])[B].[Pt]. The zero-order chi connectivity index (χ0) is 34.2. The van der Waals surface area contributed by atoms with Crippen LogP contribution in [0.3, 0.4) is 0 Å². The number of anilines is 3. The van der Waals surface area contributed by atoms with Crippen molar-refractivity contribution in [3.05, 3.63) is 152 Å². The van der Waals surface area contributed by atoms with E-state index in [4.69, 9.17) is 13.8 Å². The molecule has 5 aromatic carbocycles. The van der Waals surface area contributed by atoms with Crippen LogP contribution in [0.2, 0.25) is 0 Å². The third-order valence-electron chi connectivity index (χ3n) is 8.05. The van der Waals surface area contributed by atoms with E-state index in [-0.39, 0.29) is 21.1 Å². The first-order valence-corrected chi connectivity index (χ1v) is 19.0. The Labute approximate surface area is 302 Å². The standard InChI is InChI=1S/C37H26GeN3O.B4.Pt/c1-40-26-41(36-20-9-8-19-35(36)40)29-16-10-17-30(24-29)42-31-21-22-33-32(25-31)37-34(18-11-23-39-37)38(33,27-12-4-2-5-13-27)28-14-6-3-7-15-28;1-4(2)3;/h2-23,26H,1H3;;/q-3;;/i1D3;;.